The van der Waals surface area contributed by atoms with Gasteiger partial charge >= 0.3 is 0 Å². The number of benzene rings is 2. The van der Waals surface area contributed by atoms with Crippen molar-refractivity contribution in [1.29, 1.82) is 0 Å². The highest BCUT2D eigenvalue weighted by atomic mass is 19.1. The van der Waals surface area contributed by atoms with Crippen molar-refractivity contribution >= 4 is 27.8 Å². The van der Waals surface area contributed by atoms with E-state index >= 15 is 0 Å². The summed E-state index contributed by atoms with van der Waals surface area (Å²) in [6.07, 6.45) is 4.18. The second-order valence-electron chi connectivity index (χ2n) is 10.3. The van der Waals surface area contributed by atoms with Gasteiger partial charge in [0.25, 0.3) is 5.91 Å². The minimum absolute atomic E-state index is 0.104. The molecule has 0 radical (unpaired) electrons. The van der Waals surface area contributed by atoms with E-state index in [0.29, 0.717) is 23.1 Å². The van der Waals surface area contributed by atoms with Crippen LogP contribution in [0.4, 0.5) is 4.39 Å². The van der Waals surface area contributed by atoms with Gasteiger partial charge in [0.15, 0.2) is 5.58 Å². The molecule has 1 amide bonds. The van der Waals surface area contributed by atoms with Crippen LogP contribution in [0.5, 0.6) is 0 Å². The third-order valence-corrected chi connectivity index (χ3v) is 7.77. The Kier molecular flexibility index (Phi) is 5.80. The van der Waals surface area contributed by atoms with Crippen LogP contribution in [-0.4, -0.2) is 58.6 Å². The van der Waals surface area contributed by atoms with Crippen molar-refractivity contribution in [2.75, 3.05) is 32.7 Å². The standard InChI is InChI=1S/C28H31FN4O2/c1-18-4-5-21-14-25(30-24(21)13-18)28(34)33-10-2-3-19(17-33)16-32-11-8-20(9-12-32)27-23-15-22(29)6-7-26(23)35-31-27/h4-7,13-15,19-20,30H,2-3,8-12,16-17H2,1H3. The minimum Gasteiger partial charge on any atom is -0.356 e. The Morgan fingerprint density at radius 2 is 1.97 bits per heavy atom. The number of rotatable bonds is 4. The van der Waals surface area contributed by atoms with E-state index in [4.69, 9.17) is 4.52 Å². The van der Waals surface area contributed by atoms with Gasteiger partial charge in [0, 0.05) is 41.8 Å². The van der Waals surface area contributed by atoms with Gasteiger partial charge in [-0.05, 0) is 87.5 Å². The molecule has 1 unspecified atom stereocenters. The molecule has 1 atom stereocenters. The van der Waals surface area contributed by atoms with Crippen molar-refractivity contribution in [3.05, 3.63) is 65.2 Å². The molecule has 1 N–H and O–H groups in total. The number of amides is 1. The average molecular weight is 475 g/mol. The van der Waals surface area contributed by atoms with Crippen molar-refractivity contribution in [3.8, 4) is 0 Å². The van der Waals surface area contributed by atoms with Crippen LogP contribution >= 0.6 is 0 Å². The third kappa shape index (κ3) is 4.45. The summed E-state index contributed by atoms with van der Waals surface area (Å²) in [6, 6.07) is 12.8. The Morgan fingerprint density at radius 1 is 1.11 bits per heavy atom. The topological polar surface area (TPSA) is 65.4 Å². The smallest absolute Gasteiger partial charge is 0.270 e. The summed E-state index contributed by atoms with van der Waals surface area (Å²) in [5, 5.41) is 6.16. The van der Waals surface area contributed by atoms with Gasteiger partial charge in [0.2, 0.25) is 0 Å². The second kappa shape index (κ2) is 9.11. The number of nitrogens with zero attached hydrogens (tertiary/aromatic N) is 3. The predicted octanol–water partition coefficient (Wildman–Crippen LogP) is 5.49. The van der Waals surface area contributed by atoms with Gasteiger partial charge in [0.1, 0.15) is 11.5 Å². The molecule has 2 fully saturated rings. The van der Waals surface area contributed by atoms with Crippen LogP contribution in [0.1, 0.15) is 53.3 Å². The maximum Gasteiger partial charge on any atom is 0.270 e. The molecule has 182 valence electrons. The summed E-state index contributed by atoms with van der Waals surface area (Å²) in [6.45, 7) is 6.67. The van der Waals surface area contributed by atoms with Crippen LogP contribution in [0.3, 0.4) is 0 Å². The molecule has 6 rings (SSSR count). The fourth-order valence-electron chi connectivity index (χ4n) is 5.90. The van der Waals surface area contributed by atoms with Gasteiger partial charge in [-0.25, -0.2) is 4.39 Å². The van der Waals surface area contributed by atoms with E-state index < -0.39 is 0 Å². The molecule has 2 saturated heterocycles. The van der Waals surface area contributed by atoms with Gasteiger partial charge < -0.3 is 19.3 Å². The first-order chi connectivity index (χ1) is 17.0. The van der Waals surface area contributed by atoms with Crippen LogP contribution in [0.25, 0.3) is 21.9 Å². The SMILES string of the molecule is Cc1ccc2cc(C(=O)N3CCCC(CN4CCC(c5noc6ccc(F)cc56)CC4)C3)[nH]c2c1. The Bertz CT molecular complexity index is 1370. The highest BCUT2D eigenvalue weighted by Gasteiger charge is 2.30. The first-order valence-corrected chi connectivity index (χ1v) is 12.7. The molecule has 0 aliphatic carbocycles. The van der Waals surface area contributed by atoms with Gasteiger partial charge in [-0.3, -0.25) is 4.79 Å². The van der Waals surface area contributed by atoms with Crippen LogP contribution in [0.2, 0.25) is 0 Å². The molecule has 4 aromatic rings. The molecule has 0 saturated carbocycles. The number of fused-ring (bicyclic) bond motifs is 2. The minimum atomic E-state index is -0.252. The van der Waals surface area contributed by atoms with Gasteiger partial charge in [-0.1, -0.05) is 17.3 Å². The zero-order valence-corrected chi connectivity index (χ0v) is 20.1. The van der Waals surface area contributed by atoms with Crippen molar-refractivity contribution < 1.29 is 13.7 Å². The fraction of sp³-hybridized carbons (Fsp3) is 0.429. The molecule has 0 bridgehead atoms. The average Bonchev–Trinajstić information content (AvgIpc) is 3.48. The quantitative estimate of drug-likeness (QED) is 0.425. The molecule has 2 aliphatic heterocycles. The van der Waals surface area contributed by atoms with Crippen molar-refractivity contribution in [2.24, 2.45) is 5.92 Å². The highest BCUT2D eigenvalue weighted by molar-refractivity contribution is 5.98. The number of hydrogen-bond acceptors (Lipinski definition) is 4. The number of aromatic amines is 1. The van der Waals surface area contributed by atoms with E-state index in [1.807, 2.05) is 11.0 Å². The summed E-state index contributed by atoms with van der Waals surface area (Å²) in [5.41, 5.74) is 4.43. The lowest BCUT2D eigenvalue weighted by atomic mass is 9.90. The zero-order chi connectivity index (χ0) is 23.9. The lowest BCUT2D eigenvalue weighted by Gasteiger charge is -2.38. The molecule has 6 nitrogen and oxygen atoms in total. The summed E-state index contributed by atoms with van der Waals surface area (Å²) in [7, 11) is 0. The number of carbonyl (C=O) groups is 1. The van der Waals surface area contributed by atoms with Crippen LogP contribution in [0.15, 0.2) is 47.0 Å². The monoisotopic (exact) mass is 474 g/mol. The summed E-state index contributed by atoms with van der Waals surface area (Å²) >= 11 is 0. The van der Waals surface area contributed by atoms with Gasteiger partial charge in [0.05, 0.1) is 5.69 Å². The summed E-state index contributed by atoms with van der Waals surface area (Å²) < 4.78 is 19.2. The van der Waals surface area contributed by atoms with Crippen molar-refractivity contribution in [1.82, 2.24) is 19.9 Å². The number of halogens is 1. The molecule has 2 aromatic heterocycles. The molecular formula is C28H31FN4O2. The van der Waals surface area contributed by atoms with Crippen molar-refractivity contribution in [2.45, 2.75) is 38.5 Å². The maximum absolute atomic E-state index is 13.7. The van der Waals surface area contributed by atoms with Crippen LogP contribution in [-0.2, 0) is 0 Å². The number of carbonyl (C=O) groups excluding carboxylic acids is 1. The molecule has 4 heterocycles. The lowest BCUT2D eigenvalue weighted by Crippen LogP contribution is -2.45. The second-order valence-corrected chi connectivity index (χ2v) is 10.3. The fourth-order valence-corrected chi connectivity index (χ4v) is 5.90. The Labute approximate surface area is 204 Å². The Morgan fingerprint density at radius 3 is 2.83 bits per heavy atom. The number of aromatic nitrogens is 2. The van der Waals surface area contributed by atoms with E-state index in [1.54, 1.807) is 6.07 Å². The van der Waals surface area contributed by atoms with E-state index in [1.165, 1.54) is 17.7 Å². The summed E-state index contributed by atoms with van der Waals surface area (Å²) in [4.78, 5) is 21.1. The molecular weight excluding hydrogens is 443 g/mol. The van der Waals surface area contributed by atoms with Crippen molar-refractivity contribution in [3.63, 3.8) is 0 Å². The van der Waals surface area contributed by atoms with Crippen LogP contribution in [0, 0.1) is 18.7 Å². The van der Waals surface area contributed by atoms with Gasteiger partial charge in [-0.15, -0.1) is 0 Å². The Balaban J connectivity index is 1.06. The van der Waals surface area contributed by atoms with Gasteiger partial charge in [-0.2, -0.15) is 0 Å². The zero-order valence-electron chi connectivity index (χ0n) is 20.1. The largest absolute Gasteiger partial charge is 0.356 e. The Hall–Kier alpha value is -3.19. The number of likely N-dealkylation sites (tertiary alicyclic amines) is 2. The van der Waals surface area contributed by atoms with E-state index in [-0.39, 0.29) is 11.7 Å². The first-order valence-electron chi connectivity index (χ1n) is 12.7. The molecule has 2 aromatic carbocycles. The number of nitrogens with one attached hydrogen (secondary N) is 1. The number of hydrogen-bond donors (Lipinski definition) is 1. The number of H-pyrrole nitrogens is 1. The molecule has 2 aliphatic rings. The van der Waals surface area contributed by atoms with E-state index in [0.717, 1.165) is 80.4 Å². The summed E-state index contributed by atoms with van der Waals surface area (Å²) in [5.74, 6) is 0.632. The molecule has 7 heteroatoms. The first kappa shape index (κ1) is 22.3. The number of aryl methyl sites for hydroxylation is 1. The van der Waals surface area contributed by atoms with E-state index in [9.17, 15) is 9.18 Å². The van der Waals surface area contributed by atoms with E-state index in [2.05, 4.69) is 40.2 Å². The van der Waals surface area contributed by atoms with Crippen LogP contribution < -0.4 is 0 Å². The highest BCUT2D eigenvalue weighted by Crippen LogP contribution is 2.33. The normalized spacial score (nSPS) is 20.2. The predicted molar refractivity (Wildman–Crippen MR) is 134 cm³/mol. The number of piperidine rings is 2. The molecule has 0 spiro atoms. The lowest BCUT2D eigenvalue weighted by molar-refractivity contribution is 0.0622. The molecule has 35 heavy (non-hydrogen) atoms. The maximum atomic E-state index is 13.7. The third-order valence-electron chi connectivity index (χ3n) is 7.77.